The summed E-state index contributed by atoms with van der Waals surface area (Å²) in [5.41, 5.74) is 0. The van der Waals surface area contributed by atoms with Crippen molar-refractivity contribution in [2.45, 2.75) is 62.6 Å². The van der Waals surface area contributed by atoms with Crippen LogP contribution in [0.15, 0.2) is 29.2 Å². The summed E-state index contributed by atoms with van der Waals surface area (Å²) in [6.07, 6.45) is 4.08. The average Bonchev–Trinajstić information content (AvgIpc) is 2.84. The normalized spacial score (nSPS) is 27.3. The van der Waals surface area contributed by atoms with Gasteiger partial charge in [-0.15, -0.1) is 0 Å². The lowest BCUT2D eigenvalue weighted by Gasteiger charge is -2.29. The number of fused-ring (bicyclic) bond motifs is 2. The lowest BCUT2D eigenvalue weighted by molar-refractivity contribution is 0.271. The Bertz CT molecular complexity index is 616. The van der Waals surface area contributed by atoms with Gasteiger partial charge in [-0.2, -0.15) is 0 Å². The smallest absolute Gasteiger partial charge is 0.240 e. The Hall–Kier alpha value is -1.11. The zero-order valence-electron chi connectivity index (χ0n) is 13.8. The van der Waals surface area contributed by atoms with Crippen molar-refractivity contribution in [3.63, 3.8) is 0 Å². The van der Waals surface area contributed by atoms with Gasteiger partial charge in [0.2, 0.25) is 10.0 Å². The zero-order chi connectivity index (χ0) is 16.4. The summed E-state index contributed by atoms with van der Waals surface area (Å²) in [6, 6.07) is 7.66. The monoisotopic (exact) mass is 338 g/mol. The van der Waals surface area contributed by atoms with E-state index in [1.54, 1.807) is 24.3 Å². The standard InChI is InChI=1S/C17H26N2O3S/c1-12(2)11-22-16-5-7-17(8-6-16)23(20,21)19-15-9-13-3-4-14(10-15)18-13/h5-8,12-15,18-19H,3-4,9-11H2,1-2H3. The van der Waals surface area contributed by atoms with Crippen molar-refractivity contribution in [2.24, 2.45) is 5.92 Å². The van der Waals surface area contributed by atoms with E-state index in [4.69, 9.17) is 4.74 Å². The molecule has 2 fully saturated rings. The third kappa shape index (κ3) is 4.25. The predicted molar refractivity (Wildman–Crippen MR) is 90.1 cm³/mol. The predicted octanol–water partition coefficient (Wildman–Crippen LogP) is 2.28. The summed E-state index contributed by atoms with van der Waals surface area (Å²) in [6.45, 7) is 4.78. The molecule has 2 saturated heterocycles. The topological polar surface area (TPSA) is 67.4 Å². The molecule has 2 aliphatic heterocycles. The second-order valence-electron chi connectivity index (χ2n) is 7.10. The molecule has 2 bridgehead atoms. The van der Waals surface area contributed by atoms with Crippen LogP contribution in [-0.2, 0) is 10.0 Å². The van der Waals surface area contributed by atoms with Crippen molar-refractivity contribution >= 4 is 10.0 Å². The van der Waals surface area contributed by atoms with Crippen molar-refractivity contribution in [2.75, 3.05) is 6.61 Å². The molecule has 0 radical (unpaired) electrons. The van der Waals surface area contributed by atoms with E-state index in [0.29, 0.717) is 35.3 Å². The van der Waals surface area contributed by atoms with Crippen molar-refractivity contribution in [3.05, 3.63) is 24.3 Å². The number of ether oxygens (including phenoxy) is 1. The first-order valence-electron chi connectivity index (χ1n) is 8.43. The highest BCUT2D eigenvalue weighted by Gasteiger charge is 2.35. The molecule has 2 N–H and O–H groups in total. The Morgan fingerprint density at radius 2 is 1.78 bits per heavy atom. The molecule has 1 aromatic carbocycles. The fraction of sp³-hybridized carbons (Fsp3) is 0.647. The second-order valence-corrected chi connectivity index (χ2v) is 8.82. The third-order valence-electron chi connectivity index (χ3n) is 4.51. The van der Waals surface area contributed by atoms with E-state index in [1.807, 2.05) is 0 Å². The van der Waals surface area contributed by atoms with E-state index in [9.17, 15) is 8.42 Å². The van der Waals surface area contributed by atoms with Gasteiger partial charge >= 0.3 is 0 Å². The van der Waals surface area contributed by atoms with Gasteiger partial charge in [-0.05, 0) is 55.9 Å². The lowest BCUT2D eigenvalue weighted by Crippen LogP contribution is -2.47. The van der Waals surface area contributed by atoms with Crippen LogP contribution >= 0.6 is 0 Å². The molecule has 0 spiro atoms. The number of sulfonamides is 1. The van der Waals surface area contributed by atoms with E-state index >= 15 is 0 Å². The molecule has 1 aromatic rings. The summed E-state index contributed by atoms with van der Waals surface area (Å²) in [4.78, 5) is 0.306. The molecule has 2 heterocycles. The highest BCUT2D eigenvalue weighted by atomic mass is 32.2. The van der Waals surface area contributed by atoms with Crippen molar-refractivity contribution < 1.29 is 13.2 Å². The van der Waals surface area contributed by atoms with Gasteiger partial charge in [-0.3, -0.25) is 0 Å². The lowest BCUT2D eigenvalue weighted by atomic mass is 10.0. The fourth-order valence-corrected chi connectivity index (χ4v) is 4.68. The van der Waals surface area contributed by atoms with Crippen LogP contribution in [0, 0.1) is 5.92 Å². The van der Waals surface area contributed by atoms with Crippen LogP contribution in [0.4, 0.5) is 0 Å². The van der Waals surface area contributed by atoms with Gasteiger partial charge in [0.15, 0.2) is 0 Å². The van der Waals surface area contributed by atoms with Crippen LogP contribution < -0.4 is 14.8 Å². The minimum absolute atomic E-state index is 0.0376. The Morgan fingerprint density at radius 1 is 1.17 bits per heavy atom. The number of benzene rings is 1. The molecule has 0 amide bonds. The molecule has 0 saturated carbocycles. The molecule has 0 aromatic heterocycles. The number of rotatable bonds is 6. The zero-order valence-corrected chi connectivity index (χ0v) is 14.6. The van der Waals surface area contributed by atoms with Crippen molar-refractivity contribution in [1.29, 1.82) is 0 Å². The first-order chi connectivity index (χ1) is 10.9. The first-order valence-corrected chi connectivity index (χ1v) is 9.92. The minimum atomic E-state index is -3.46. The van der Waals surface area contributed by atoms with Gasteiger partial charge < -0.3 is 10.1 Å². The van der Waals surface area contributed by atoms with Crippen LogP contribution in [0.2, 0.25) is 0 Å². The first kappa shape index (κ1) is 16.7. The van der Waals surface area contributed by atoms with Gasteiger partial charge in [0.25, 0.3) is 0 Å². The number of hydrogen-bond acceptors (Lipinski definition) is 4. The Morgan fingerprint density at radius 3 is 2.35 bits per heavy atom. The van der Waals surface area contributed by atoms with Crippen LogP contribution in [-0.4, -0.2) is 33.2 Å². The van der Waals surface area contributed by atoms with E-state index < -0.39 is 10.0 Å². The van der Waals surface area contributed by atoms with Gasteiger partial charge in [0.05, 0.1) is 11.5 Å². The van der Waals surface area contributed by atoms with E-state index in [2.05, 4.69) is 23.9 Å². The molecule has 2 aliphatic rings. The maximum absolute atomic E-state index is 12.5. The van der Waals surface area contributed by atoms with Gasteiger partial charge in [0.1, 0.15) is 5.75 Å². The largest absolute Gasteiger partial charge is 0.493 e. The molecular weight excluding hydrogens is 312 g/mol. The van der Waals surface area contributed by atoms with Crippen molar-refractivity contribution in [3.8, 4) is 5.75 Å². The Kier molecular flexibility index (Phi) is 4.94. The molecular formula is C17H26N2O3S. The number of hydrogen-bond donors (Lipinski definition) is 2. The summed E-state index contributed by atoms with van der Waals surface area (Å²) in [7, 11) is -3.46. The van der Waals surface area contributed by atoms with Gasteiger partial charge in [-0.25, -0.2) is 13.1 Å². The Balaban J connectivity index is 1.62. The molecule has 23 heavy (non-hydrogen) atoms. The maximum Gasteiger partial charge on any atom is 0.240 e. The number of piperidine rings is 1. The summed E-state index contributed by atoms with van der Waals surface area (Å²) in [5, 5.41) is 3.52. The molecule has 5 nitrogen and oxygen atoms in total. The minimum Gasteiger partial charge on any atom is -0.493 e. The average molecular weight is 338 g/mol. The molecule has 0 aliphatic carbocycles. The van der Waals surface area contributed by atoms with E-state index in [0.717, 1.165) is 25.7 Å². The van der Waals surface area contributed by atoms with Crippen LogP contribution in [0.25, 0.3) is 0 Å². The Labute approximate surface area is 138 Å². The summed E-state index contributed by atoms with van der Waals surface area (Å²) < 4.78 is 33.5. The second kappa shape index (κ2) is 6.79. The molecule has 3 rings (SSSR count). The highest BCUT2D eigenvalue weighted by Crippen LogP contribution is 2.28. The molecule has 128 valence electrons. The molecule has 6 heteroatoms. The quantitative estimate of drug-likeness (QED) is 0.835. The molecule has 2 atom stereocenters. The third-order valence-corrected chi connectivity index (χ3v) is 6.05. The van der Waals surface area contributed by atoms with Crippen LogP contribution in [0.5, 0.6) is 5.75 Å². The van der Waals surface area contributed by atoms with Gasteiger partial charge in [-0.1, -0.05) is 13.8 Å². The summed E-state index contributed by atoms with van der Waals surface area (Å²) >= 11 is 0. The number of nitrogens with one attached hydrogen (secondary N) is 2. The van der Waals surface area contributed by atoms with E-state index in [-0.39, 0.29) is 6.04 Å². The van der Waals surface area contributed by atoms with Gasteiger partial charge in [0, 0.05) is 18.1 Å². The fourth-order valence-electron chi connectivity index (χ4n) is 3.42. The van der Waals surface area contributed by atoms with E-state index in [1.165, 1.54) is 0 Å². The maximum atomic E-state index is 12.5. The summed E-state index contributed by atoms with van der Waals surface area (Å²) in [5.74, 6) is 1.15. The highest BCUT2D eigenvalue weighted by molar-refractivity contribution is 7.89. The molecule has 2 unspecified atom stereocenters. The van der Waals surface area contributed by atoms with Crippen LogP contribution in [0.1, 0.15) is 39.5 Å². The van der Waals surface area contributed by atoms with Crippen LogP contribution in [0.3, 0.4) is 0 Å². The SMILES string of the molecule is CC(C)COc1ccc(S(=O)(=O)NC2CC3CCC(C2)N3)cc1. The van der Waals surface area contributed by atoms with Crippen molar-refractivity contribution in [1.82, 2.24) is 10.0 Å².